The summed E-state index contributed by atoms with van der Waals surface area (Å²) in [6, 6.07) is 0. The molecule has 0 aliphatic carbocycles. The van der Waals surface area contributed by atoms with E-state index in [1.807, 2.05) is 0 Å². The van der Waals surface area contributed by atoms with E-state index < -0.39 is 0 Å². The van der Waals surface area contributed by atoms with E-state index in [1.165, 1.54) is 0 Å². The monoisotopic (exact) mass is 139 g/mol. The van der Waals surface area contributed by atoms with Gasteiger partial charge in [-0.2, -0.15) is 5.10 Å². The third kappa shape index (κ3) is 0.724. The van der Waals surface area contributed by atoms with Crippen molar-refractivity contribution < 1.29 is 4.79 Å². The molecule has 0 saturated carbocycles. The third-order valence-corrected chi connectivity index (χ3v) is 1.93. The van der Waals surface area contributed by atoms with Crippen LogP contribution in [-0.4, -0.2) is 24.7 Å². The zero-order valence-electron chi connectivity index (χ0n) is 5.55. The molecular weight excluding hydrogens is 130 g/mol. The number of nitrogens with zero attached hydrogens (tertiary/aromatic N) is 1. The van der Waals surface area contributed by atoms with Gasteiger partial charge < -0.3 is 5.32 Å². The van der Waals surface area contributed by atoms with E-state index in [0.717, 1.165) is 25.2 Å². The summed E-state index contributed by atoms with van der Waals surface area (Å²) in [7, 11) is 0. The average molecular weight is 139 g/mol. The lowest BCUT2D eigenvalue weighted by molar-refractivity contribution is -0.122. The van der Waals surface area contributed by atoms with Crippen LogP contribution in [0.4, 0.5) is 0 Å². The van der Waals surface area contributed by atoms with Crippen LogP contribution in [0, 0.1) is 5.92 Å². The lowest BCUT2D eigenvalue weighted by Crippen LogP contribution is -2.39. The molecule has 0 bridgehead atoms. The second kappa shape index (κ2) is 2.05. The summed E-state index contributed by atoms with van der Waals surface area (Å²) in [6.45, 7) is 1.70. The van der Waals surface area contributed by atoms with E-state index in [9.17, 15) is 4.79 Å². The number of fused-ring (bicyclic) bond motifs is 1. The molecule has 0 aromatic carbocycles. The molecule has 1 saturated heterocycles. The molecule has 0 spiro atoms. The smallest absolute Gasteiger partial charge is 0.250 e. The van der Waals surface area contributed by atoms with Crippen molar-refractivity contribution >= 4 is 11.6 Å². The van der Waals surface area contributed by atoms with Crippen molar-refractivity contribution in [3.05, 3.63) is 0 Å². The first-order valence-corrected chi connectivity index (χ1v) is 3.45. The normalized spacial score (nSPS) is 31.0. The summed E-state index contributed by atoms with van der Waals surface area (Å²) in [5.41, 5.74) is 3.49. The summed E-state index contributed by atoms with van der Waals surface area (Å²) < 4.78 is 0. The number of nitrogens with one attached hydrogen (secondary N) is 2. The molecule has 0 radical (unpaired) electrons. The van der Waals surface area contributed by atoms with E-state index in [4.69, 9.17) is 0 Å². The predicted molar refractivity (Wildman–Crippen MR) is 36.6 cm³/mol. The summed E-state index contributed by atoms with van der Waals surface area (Å²) in [5.74, 6) is 0.0657. The van der Waals surface area contributed by atoms with Crippen molar-refractivity contribution in [3.63, 3.8) is 0 Å². The number of carbonyl (C=O) groups is 1. The van der Waals surface area contributed by atoms with Crippen molar-refractivity contribution in [3.8, 4) is 0 Å². The highest BCUT2D eigenvalue weighted by Gasteiger charge is 2.31. The summed E-state index contributed by atoms with van der Waals surface area (Å²) in [4.78, 5) is 10.9. The van der Waals surface area contributed by atoms with Gasteiger partial charge >= 0.3 is 0 Å². The van der Waals surface area contributed by atoms with Gasteiger partial charge in [-0.15, -0.1) is 0 Å². The Kier molecular flexibility index (Phi) is 1.20. The Balaban J connectivity index is 2.18. The van der Waals surface area contributed by atoms with Gasteiger partial charge in [-0.25, -0.2) is 5.43 Å². The summed E-state index contributed by atoms with van der Waals surface area (Å²) in [6.07, 6.45) is 0.906. The van der Waals surface area contributed by atoms with Crippen molar-refractivity contribution in [2.75, 3.05) is 13.1 Å². The Morgan fingerprint density at radius 2 is 2.50 bits per heavy atom. The maximum Gasteiger partial charge on any atom is 0.250 e. The zero-order chi connectivity index (χ0) is 6.97. The molecule has 1 unspecified atom stereocenters. The van der Waals surface area contributed by atoms with Crippen LogP contribution in [-0.2, 0) is 4.79 Å². The van der Waals surface area contributed by atoms with Gasteiger partial charge in [-0.1, -0.05) is 0 Å². The Bertz CT molecular complexity index is 199. The number of piperidine rings is 1. The molecule has 4 nitrogen and oxygen atoms in total. The van der Waals surface area contributed by atoms with Gasteiger partial charge in [0, 0.05) is 19.5 Å². The molecule has 1 amide bonds. The van der Waals surface area contributed by atoms with Crippen LogP contribution in [0.25, 0.3) is 0 Å². The van der Waals surface area contributed by atoms with Gasteiger partial charge in [0.05, 0.1) is 11.6 Å². The maximum absolute atomic E-state index is 10.9. The van der Waals surface area contributed by atoms with Gasteiger partial charge in [0.15, 0.2) is 0 Å². The Hall–Kier alpha value is -0.900. The van der Waals surface area contributed by atoms with Crippen LogP contribution in [0.5, 0.6) is 0 Å². The van der Waals surface area contributed by atoms with Gasteiger partial charge in [-0.05, 0) is 0 Å². The molecule has 0 aromatic heterocycles. The highest BCUT2D eigenvalue weighted by Crippen LogP contribution is 2.11. The van der Waals surface area contributed by atoms with Gasteiger partial charge in [0.2, 0.25) is 5.91 Å². The fourth-order valence-corrected chi connectivity index (χ4v) is 1.34. The van der Waals surface area contributed by atoms with Gasteiger partial charge in [0.1, 0.15) is 0 Å². The Labute approximate surface area is 58.7 Å². The molecule has 10 heavy (non-hydrogen) atoms. The Morgan fingerprint density at radius 1 is 1.60 bits per heavy atom. The number of hydrogen-bond donors (Lipinski definition) is 2. The van der Waals surface area contributed by atoms with E-state index in [1.54, 1.807) is 0 Å². The molecule has 2 heterocycles. The molecule has 0 aromatic rings. The number of rotatable bonds is 0. The number of hydrogen-bond acceptors (Lipinski definition) is 3. The van der Waals surface area contributed by atoms with E-state index in [-0.39, 0.29) is 11.8 Å². The van der Waals surface area contributed by atoms with Crippen molar-refractivity contribution in [1.29, 1.82) is 0 Å². The van der Waals surface area contributed by atoms with Crippen molar-refractivity contribution in [2.45, 2.75) is 6.42 Å². The first kappa shape index (κ1) is 5.85. The number of carbonyl (C=O) groups excluding carboxylic acids is 1. The first-order valence-electron chi connectivity index (χ1n) is 3.45. The lowest BCUT2D eigenvalue weighted by atomic mass is 9.98. The van der Waals surface area contributed by atoms with E-state index >= 15 is 0 Å². The molecule has 2 aliphatic rings. The lowest BCUT2D eigenvalue weighted by Gasteiger charge is -2.16. The minimum absolute atomic E-state index is 0.0220. The number of hydrazone groups is 1. The number of amides is 1. The minimum atomic E-state index is 0.0220. The van der Waals surface area contributed by atoms with Crippen LogP contribution in [0.2, 0.25) is 0 Å². The third-order valence-electron chi connectivity index (χ3n) is 1.93. The first-order chi connectivity index (χ1) is 4.88. The molecule has 1 fully saturated rings. The van der Waals surface area contributed by atoms with Crippen LogP contribution in [0.3, 0.4) is 0 Å². The van der Waals surface area contributed by atoms with Crippen LogP contribution in [0.1, 0.15) is 6.42 Å². The van der Waals surface area contributed by atoms with Crippen LogP contribution >= 0.6 is 0 Å². The maximum atomic E-state index is 10.9. The second-order valence-electron chi connectivity index (χ2n) is 2.59. The van der Waals surface area contributed by atoms with E-state index in [0.29, 0.717) is 0 Å². The average Bonchev–Trinajstić information content (AvgIpc) is 2.34. The van der Waals surface area contributed by atoms with Crippen LogP contribution in [0.15, 0.2) is 5.10 Å². The fourth-order valence-electron chi connectivity index (χ4n) is 1.34. The Morgan fingerprint density at radius 3 is 3.30 bits per heavy atom. The molecule has 1 atom stereocenters. The highest BCUT2D eigenvalue weighted by atomic mass is 16.2. The zero-order valence-corrected chi connectivity index (χ0v) is 5.55. The van der Waals surface area contributed by atoms with Gasteiger partial charge in [-0.3, -0.25) is 4.79 Å². The molecule has 2 N–H and O–H groups in total. The topological polar surface area (TPSA) is 53.5 Å². The molecule has 2 aliphatic heterocycles. The minimum Gasteiger partial charge on any atom is -0.315 e. The fraction of sp³-hybridized carbons (Fsp3) is 0.667. The predicted octanol–water partition coefficient (Wildman–Crippen LogP) is -0.918. The van der Waals surface area contributed by atoms with Crippen LogP contribution < -0.4 is 10.7 Å². The molecule has 54 valence electrons. The summed E-state index contributed by atoms with van der Waals surface area (Å²) in [5, 5.41) is 7.06. The quantitative estimate of drug-likeness (QED) is 0.456. The molecule has 4 heteroatoms. The second-order valence-corrected chi connectivity index (χ2v) is 2.59. The molecule has 2 rings (SSSR count). The molecular formula is C6H9N3O. The van der Waals surface area contributed by atoms with E-state index in [2.05, 4.69) is 15.8 Å². The van der Waals surface area contributed by atoms with Crippen molar-refractivity contribution in [2.24, 2.45) is 11.0 Å². The largest absolute Gasteiger partial charge is 0.315 e. The van der Waals surface area contributed by atoms with Crippen molar-refractivity contribution in [1.82, 2.24) is 10.7 Å². The SMILES string of the molecule is O=C1NN=C2CCNCC12. The van der Waals surface area contributed by atoms with Gasteiger partial charge in [0.25, 0.3) is 0 Å². The highest BCUT2D eigenvalue weighted by molar-refractivity contribution is 6.08. The standard InChI is InChI=1S/C6H9N3O/c10-6-4-3-7-2-1-5(4)8-9-6/h4,7H,1-3H2,(H,9,10). The summed E-state index contributed by atoms with van der Waals surface area (Å²) >= 11 is 0.